The predicted molar refractivity (Wildman–Crippen MR) is 88.1 cm³/mol. The monoisotopic (exact) mass is 402 g/mol. The van der Waals surface area contributed by atoms with Crippen molar-refractivity contribution in [3.63, 3.8) is 0 Å². The molecule has 152 valence electrons. The van der Waals surface area contributed by atoms with Gasteiger partial charge in [-0.3, -0.25) is 9.47 Å². The first kappa shape index (κ1) is 19.9. The minimum Gasteiger partial charge on any atom is -0.444 e. The second-order valence-electron chi connectivity index (χ2n) is 7.19. The SMILES string of the molecule is CC(C)(C)OC(=O)N1CCn2c(nnc2Oc2ccc(F)cc2C(F)(F)F)C1. The van der Waals surface area contributed by atoms with Crippen LogP contribution >= 0.6 is 0 Å². The Bertz CT molecular complexity index is 890. The highest BCUT2D eigenvalue weighted by Crippen LogP contribution is 2.38. The second-order valence-corrected chi connectivity index (χ2v) is 7.19. The largest absolute Gasteiger partial charge is 0.444 e. The van der Waals surface area contributed by atoms with Crippen molar-refractivity contribution < 1.29 is 31.8 Å². The summed E-state index contributed by atoms with van der Waals surface area (Å²) in [5.74, 6) is -1.28. The molecule has 1 aromatic carbocycles. The van der Waals surface area contributed by atoms with Gasteiger partial charge in [0.15, 0.2) is 5.82 Å². The summed E-state index contributed by atoms with van der Waals surface area (Å²) in [7, 11) is 0. The molecule has 0 spiro atoms. The van der Waals surface area contributed by atoms with Crippen molar-refractivity contribution in [2.75, 3.05) is 6.54 Å². The summed E-state index contributed by atoms with van der Waals surface area (Å²) in [6.45, 7) is 5.74. The Morgan fingerprint density at radius 2 is 1.86 bits per heavy atom. The van der Waals surface area contributed by atoms with Crippen molar-refractivity contribution in [3.8, 4) is 11.8 Å². The fourth-order valence-electron chi connectivity index (χ4n) is 2.60. The van der Waals surface area contributed by atoms with Crippen LogP contribution in [-0.4, -0.2) is 37.9 Å². The van der Waals surface area contributed by atoms with Gasteiger partial charge in [-0.2, -0.15) is 13.2 Å². The van der Waals surface area contributed by atoms with Crippen molar-refractivity contribution in [1.82, 2.24) is 19.7 Å². The lowest BCUT2D eigenvalue weighted by Gasteiger charge is -2.30. The molecule has 2 heterocycles. The fourth-order valence-corrected chi connectivity index (χ4v) is 2.60. The smallest absolute Gasteiger partial charge is 0.420 e. The molecule has 0 unspecified atom stereocenters. The van der Waals surface area contributed by atoms with Gasteiger partial charge in [0.2, 0.25) is 0 Å². The number of nitrogens with zero attached hydrogens (tertiary/aromatic N) is 4. The van der Waals surface area contributed by atoms with Gasteiger partial charge in [-0.25, -0.2) is 9.18 Å². The van der Waals surface area contributed by atoms with Gasteiger partial charge in [-0.05, 0) is 39.0 Å². The van der Waals surface area contributed by atoms with Crippen molar-refractivity contribution in [2.45, 2.75) is 45.6 Å². The number of fused-ring (bicyclic) bond motifs is 1. The van der Waals surface area contributed by atoms with Crippen molar-refractivity contribution in [3.05, 3.63) is 35.4 Å². The Kier molecular flexibility index (Phi) is 4.94. The zero-order chi connectivity index (χ0) is 20.7. The van der Waals surface area contributed by atoms with E-state index >= 15 is 0 Å². The number of alkyl halides is 3. The molecule has 0 saturated heterocycles. The number of carbonyl (C=O) groups excluding carboxylic acids is 1. The minimum atomic E-state index is -4.80. The lowest BCUT2D eigenvalue weighted by atomic mass is 10.2. The standard InChI is InChI=1S/C17H18F4N4O3/c1-16(2,3)28-15(26)24-6-7-25-13(9-24)22-23-14(25)27-12-5-4-10(18)8-11(12)17(19,20)21/h4-5,8H,6-7,9H2,1-3H3. The minimum absolute atomic E-state index is 0.0703. The van der Waals surface area contributed by atoms with Gasteiger partial charge in [0.1, 0.15) is 22.7 Å². The van der Waals surface area contributed by atoms with Crippen LogP contribution in [0, 0.1) is 5.82 Å². The van der Waals surface area contributed by atoms with Crippen LogP contribution in [0.25, 0.3) is 0 Å². The van der Waals surface area contributed by atoms with Crippen LogP contribution in [0.3, 0.4) is 0 Å². The topological polar surface area (TPSA) is 69.5 Å². The maximum Gasteiger partial charge on any atom is 0.420 e. The van der Waals surface area contributed by atoms with Gasteiger partial charge >= 0.3 is 18.3 Å². The van der Waals surface area contributed by atoms with Gasteiger partial charge in [-0.15, -0.1) is 5.10 Å². The summed E-state index contributed by atoms with van der Waals surface area (Å²) >= 11 is 0. The van der Waals surface area contributed by atoms with E-state index in [1.165, 1.54) is 9.47 Å². The van der Waals surface area contributed by atoms with E-state index in [0.717, 1.165) is 12.1 Å². The summed E-state index contributed by atoms with van der Waals surface area (Å²) in [6.07, 6.45) is -5.32. The molecule has 3 rings (SSSR count). The number of halogens is 4. The molecule has 1 aromatic heterocycles. The van der Waals surface area contributed by atoms with Gasteiger partial charge in [-0.1, -0.05) is 5.10 Å². The zero-order valence-corrected chi connectivity index (χ0v) is 15.4. The highest BCUT2D eigenvalue weighted by Gasteiger charge is 2.36. The molecule has 0 radical (unpaired) electrons. The Labute approximate surface area is 157 Å². The maximum atomic E-state index is 13.2. The summed E-state index contributed by atoms with van der Waals surface area (Å²) in [5, 5.41) is 7.63. The third kappa shape index (κ3) is 4.34. The number of rotatable bonds is 2. The van der Waals surface area contributed by atoms with Gasteiger partial charge < -0.3 is 9.47 Å². The molecule has 0 bridgehead atoms. The molecule has 11 heteroatoms. The molecular formula is C17H18F4N4O3. The van der Waals surface area contributed by atoms with Crippen LogP contribution in [0.15, 0.2) is 18.2 Å². The van der Waals surface area contributed by atoms with E-state index in [0.29, 0.717) is 11.9 Å². The second kappa shape index (κ2) is 6.95. The predicted octanol–water partition coefficient (Wildman–Crippen LogP) is 3.98. The van der Waals surface area contributed by atoms with Crippen molar-refractivity contribution in [2.24, 2.45) is 0 Å². The van der Waals surface area contributed by atoms with Crippen LogP contribution in [0.5, 0.6) is 11.8 Å². The average Bonchev–Trinajstić information content (AvgIpc) is 2.96. The quantitative estimate of drug-likeness (QED) is 0.711. The Balaban J connectivity index is 1.80. The number of ether oxygens (including phenoxy) is 2. The summed E-state index contributed by atoms with van der Waals surface area (Å²) in [5.41, 5.74) is -1.91. The molecule has 1 aliphatic rings. The third-order valence-corrected chi connectivity index (χ3v) is 3.82. The van der Waals surface area contributed by atoms with E-state index in [1.54, 1.807) is 20.8 Å². The van der Waals surface area contributed by atoms with E-state index in [1.807, 2.05) is 0 Å². The summed E-state index contributed by atoms with van der Waals surface area (Å²) < 4.78 is 64.6. The lowest BCUT2D eigenvalue weighted by Crippen LogP contribution is -2.41. The number of aromatic nitrogens is 3. The molecule has 1 aliphatic heterocycles. The van der Waals surface area contributed by atoms with Crippen molar-refractivity contribution >= 4 is 6.09 Å². The lowest BCUT2D eigenvalue weighted by molar-refractivity contribution is -0.138. The number of carbonyl (C=O) groups is 1. The first-order chi connectivity index (χ1) is 12.9. The number of benzene rings is 1. The van der Waals surface area contributed by atoms with Gasteiger partial charge in [0.05, 0.1) is 6.54 Å². The first-order valence-corrected chi connectivity index (χ1v) is 8.38. The fraction of sp³-hybridized carbons (Fsp3) is 0.471. The van der Waals surface area contributed by atoms with Crippen LogP contribution in [0.1, 0.15) is 32.2 Å². The molecular weight excluding hydrogens is 384 g/mol. The molecule has 28 heavy (non-hydrogen) atoms. The van der Waals surface area contributed by atoms with E-state index in [-0.39, 0.29) is 25.6 Å². The summed E-state index contributed by atoms with van der Waals surface area (Å²) in [6, 6.07) is 1.93. The Morgan fingerprint density at radius 3 is 2.50 bits per heavy atom. The zero-order valence-electron chi connectivity index (χ0n) is 15.4. The van der Waals surface area contributed by atoms with E-state index in [9.17, 15) is 22.4 Å². The van der Waals surface area contributed by atoms with E-state index in [2.05, 4.69) is 10.2 Å². The molecule has 0 fully saturated rings. The van der Waals surface area contributed by atoms with Crippen LogP contribution in [0.4, 0.5) is 22.4 Å². The average molecular weight is 402 g/mol. The first-order valence-electron chi connectivity index (χ1n) is 8.38. The molecule has 0 aliphatic carbocycles. The van der Waals surface area contributed by atoms with Crippen LogP contribution < -0.4 is 4.74 Å². The molecule has 0 atom stereocenters. The van der Waals surface area contributed by atoms with Crippen LogP contribution in [-0.2, 0) is 24.0 Å². The molecule has 0 saturated carbocycles. The highest BCUT2D eigenvalue weighted by molar-refractivity contribution is 5.68. The third-order valence-electron chi connectivity index (χ3n) is 3.82. The molecule has 2 aromatic rings. The van der Waals surface area contributed by atoms with Gasteiger partial charge in [0.25, 0.3) is 0 Å². The maximum absolute atomic E-state index is 13.2. The van der Waals surface area contributed by atoms with Gasteiger partial charge in [0, 0.05) is 13.1 Å². The molecule has 1 amide bonds. The van der Waals surface area contributed by atoms with Crippen molar-refractivity contribution in [1.29, 1.82) is 0 Å². The molecule has 7 nitrogen and oxygen atoms in total. The number of hydrogen-bond donors (Lipinski definition) is 0. The Morgan fingerprint density at radius 1 is 1.14 bits per heavy atom. The van der Waals surface area contributed by atoms with E-state index in [4.69, 9.17) is 9.47 Å². The Hall–Kier alpha value is -2.85. The molecule has 0 N–H and O–H groups in total. The van der Waals surface area contributed by atoms with Crippen LogP contribution in [0.2, 0.25) is 0 Å². The summed E-state index contributed by atoms with van der Waals surface area (Å²) in [4.78, 5) is 13.6. The van der Waals surface area contributed by atoms with E-state index < -0.39 is 35.0 Å². The normalized spacial score (nSPS) is 14.6. The highest BCUT2D eigenvalue weighted by atomic mass is 19.4. The number of hydrogen-bond acceptors (Lipinski definition) is 5. The number of amides is 1.